The lowest BCUT2D eigenvalue weighted by Crippen LogP contribution is -2.30. The van der Waals surface area contributed by atoms with E-state index in [0.717, 1.165) is 0 Å². The van der Waals surface area contributed by atoms with E-state index < -0.39 is 0 Å². The number of aromatic nitrogens is 3. The van der Waals surface area contributed by atoms with Gasteiger partial charge in [0.25, 0.3) is 0 Å². The molecule has 2 heterocycles. The second-order valence-electron chi connectivity index (χ2n) is 3.09. The van der Waals surface area contributed by atoms with Crippen LogP contribution in [0.25, 0.3) is 0 Å². The van der Waals surface area contributed by atoms with Gasteiger partial charge in [0.1, 0.15) is 0 Å². The molecule has 13 heavy (non-hydrogen) atoms. The van der Waals surface area contributed by atoms with Crippen molar-refractivity contribution in [2.75, 3.05) is 24.8 Å². The van der Waals surface area contributed by atoms with Gasteiger partial charge in [0.15, 0.2) is 5.82 Å². The Morgan fingerprint density at radius 3 is 2.62 bits per heavy atom. The molecule has 7 heteroatoms. The first-order valence-electron chi connectivity index (χ1n) is 3.99. The highest BCUT2D eigenvalue weighted by molar-refractivity contribution is 5.20. The molecule has 0 aromatic carbocycles. The second kappa shape index (κ2) is 2.86. The van der Waals surface area contributed by atoms with Crippen LogP contribution in [0.2, 0.25) is 0 Å². The number of nitrogens with zero attached hydrogens (tertiary/aromatic N) is 3. The molecule has 1 fully saturated rings. The lowest BCUT2D eigenvalue weighted by molar-refractivity contribution is 0.190. The number of hydrogen-bond acceptors (Lipinski definition) is 6. The van der Waals surface area contributed by atoms with Crippen molar-refractivity contribution < 1.29 is 4.74 Å². The van der Waals surface area contributed by atoms with Gasteiger partial charge in [-0.3, -0.25) is 0 Å². The van der Waals surface area contributed by atoms with Crippen LogP contribution < -0.4 is 17.3 Å². The molecule has 0 aliphatic carbocycles. The summed E-state index contributed by atoms with van der Waals surface area (Å²) in [6.45, 7) is 1.05. The molecule has 1 saturated heterocycles. The molecular formula is C6H12N6O. The second-order valence-corrected chi connectivity index (χ2v) is 3.09. The highest BCUT2D eigenvalue weighted by Crippen LogP contribution is 2.22. The molecule has 0 saturated carbocycles. The zero-order chi connectivity index (χ0) is 9.42. The average Bonchev–Trinajstić information content (AvgIpc) is 2.62. The normalized spacial score (nSPS) is 28.1. The van der Waals surface area contributed by atoms with Crippen LogP contribution in [0.5, 0.6) is 0 Å². The Bertz CT molecular complexity index is 310. The van der Waals surface area contributed by atoms with E-state index in [1.54, 1.807) is 0 Å². The molecular weight excluding hydrogens is 172 g/mol. The Balaban J connectivity index is 2.29. The fraction of sp³-hybridized carbons (Fsp3) is 0.667. The van der Waals surface area contributed by atoms with Crippen molar-refractivity contribution in [1.82, 2.24) is 14.9 Å². The van der Waals surface area contributed by atoms with Crippen molar-refractivity contribution in [1.29, 1.82) is 0 Å². The van der Waals surface area contributed by atoms with E-state index in [2.05, 4.69) is 10.2 Å². The first kappa shape index (κ1) is 8.27. The van der Waals surface area contributed by atoms with Gasteiger partial charge in [-0.25, -0.2) is 4.68 Å². The number of rotatable bonds is 1. The molecule has 1 aliphatic rings. The van der Waals surface area contributed by atoms with E-state index in [9.17, 15) is 0 Å². The van der Waals surface area contributed by atoms with Crippen LogP contribution in [0.1, 0.15) is 11.7 Å². The SMILES string of the molecule is Nc1nnc(C2COCC2N)n1N. The summed E-state index contributed by atoms with van der Waals surface area (Å²) in [7, 11) is 0. The maximum absolute atomic E-state index is 5.79. The molecule has 2 atom stereocenters. The third-order valence-corrected chi connectivity index (χ3v) is 2.20. The van der Waals surface area contributed by atoms with E-state index in [4.69, 9.17) is 22.0 Å². The highest BCUT2D eigenvalue weighted by Gasteiger charge is 2.30. The van der Waals surface area contributed by atoms with Gasteiger partial charge in [0, 0.05) is 6.04 Å². The molecule has 0 radical (unpaired) electrons. The van der Waals surface area contributed by atoms with E-state index in [1.165, 1.54) is 4.68 Å². The van der Waals surface area contributed by atoms with E-state index >= 15 is 0 Å². The van der Waals surface area contributed by atoms with Gasteiger partial charge in [0.2, 0.25) is 5.95 Å². The molecule has 2 rings (SSSR count). The Kier molecular flexibility index (Phi) is 1.82. The van der Waals surface area contributed by atoms with Crippen LogP contribution in [0.4, 0.5) is 5.95 Å². The van der Waals surface area contributed by atoms with Crippen LogP contribution >= 0.6 is 0 Å². The van der Waals surface area contributed by atoms with Crippen molar-refractivity contribution in [3.63, 3.8) is 0 Å². The van der Waals surface area contributed by atoms with E-state index in [-0.39, 0.29) is 17.9 Å². The van der Waals surface area contributed by atoms with Crippen molar-refractivity contribution in [2.24, 2.45) is 5.73 Å². The summed E-state index contributed by atoms with van der Waals surface area (Å²) in [4.78, 5) is 0. The smallest absolute Gasteiger partial charge is 0.240 e. The highest BCUT2D eigenvalue weighted by atomic mass is 16.5. The number of nitrogens with two attached hydrogens (primary N) is 3. The van der Waals surface area contributed by atoms with Gasteiger partial charge in [-0.15, -0.1) is 10.2 Å². The van der Waals surface area contributed by atoms with Crippen molar-refractivity contribution >= 4 is 5.95 Å². The van der Waals surface area contributed by atoms with E-state index in [0.29, 0.717) is 19.0 Å². The lowest BCUT2D eigenvalue weighted by atomic mass is 10.0. The monoisotopic (exact) mass is 184 g/mol. The first-order chi connectivity index (χ1) is 6.20. The number of hydrogen-bond donors (Lipinski definition) is 3. The number of nitrogen functional groups attached to an aromatic ring is 2. The Morgan fingerprint density at radius 1 is 1.38 bits per heavy atom. The molecule has 72 valence electrons. The maximum atomic E-state index is 5.79. The Hall–Kier alpha value is -1.34. The molecule has 6 N–H and O–H groups in total. The van der Waals surface area contributed by atoms with Crippen molar-refractivity contribution in [3.8, 4) is 0 Å². The van der Waals surface area contributed by atoms with Crippen molar-refractivity contribution in [3.05, 3.63) is 5.82 Å². The van der Waals surface area contributed by atoms with Gasteiger partial charge in [-0.2, -0.15) is 0 Å². The largest absolute Gasteiger partial charge is 0.379 e. The quantitative estimate of drug-likeness (QED) is 0.435. The summed E-state index contributed by atoms with van der Waals surface area (Å²) in [6.07, 6.45) is 0. The fourth-order valence-corrected chi connectivity index (χ4v) is 1.41. The minimum atomic E-state index is -0.0779. The van der Waals surface area contributed by atoms with Crippen LogP contribution in [0.15, 0.2) is 0 Å². The predicted octanol–water partition coefficient (Wildman–Crippen LogP) is -1.98. The number of ether oxygens (including phenoxy) is 1. The minimum absolute atomic E-state index is 0.00481. The molecule has 1 aromatic rings. The van der Waals surface area contributed by atoms with Crippen LogP contribution in [0, 0.1) is 0 Å². The predicted molar refractivity (Wildman–Crippen MR) is 46.1 cm³/mol. The van der Waals surface area contributed by atoms with E-state index in [1.807, 2.05) is 0 Å². The first-order valence-corrected chi connectivity index (χ1v) is 3.99. The van der Waals surface area contributed by atoms with Gasteiger partial charge in [-0.05, 0) is 0 Å². The van der Waals surface area contributed by atoms with Gasteiger partial charge >= 0.3 is 0 Å². The molecule has 0 bridgehead atoms. The van der Waals surface area contributed by atoms with Crippen molar-refractivity contribution in [2.45, 2.75) is 12.0 Å². The summed E-state index contributed by atoms with van der Waals surface area (Å²) in [5.41, 5.74) is 11.2. The standard InChI is InChI=1S/C6H12N6O/c7-4-2-13-1-3(4)5-10-11-6(8)12(5)9/h3-4H,1-2,7,9H2,(H2,8,11). The summed E-state index contributed by atoms with van der Waals surface area (Å²) in [5, 5.41) is 7.50. The van der Waals surface area contributed by atoms with Gasteiger partial charge < -0.3 is 22.0 Å². The van der Waals surface area contributed by atoms with Gasteiger partial charge in [-0.1, -0.05) is 0 Å². The summed E-state index contributed by atoms with van der Waals surface area (Å²) < 4.78 is 6.43. The zero-order valence-electron chi connectivity index (χ0n) is 7.05. The van der Waals surface area contributed by atoms with Crippen LogP contribution in [-0.2, 0) is 4.74 Å². The maximum Gasteiger partial charge on any atom is 0.240 e. The summed E-state index contributed by atoms with van der Waals surface area (Å²) >= 11 is 0. The third kappa shape index (κ3) is 1.21. The Morgan fingerprint density at radius 2 is 2.15 bits per heavy atom. The van der Waals surface area contributed by atoms with Crippen LogP contribution in [0.3, 0.4) is 0 Å². The third-order valence-electron chi connectivity index (χ3n) is 2.20. The minimum Gasteiger partial charge on any atom is -0.379 e. The molecule has 1 aromatic heterocycles. The molecule has 0 spiro atoms. The molecule has 7 nitrogen and oxygen atoms in total. The van der Waals surface area contributed by atoms with Gasteiger partial charge in [0.05, 0.1) is 19.1 Å². The van der Waals surface area contributed by atoms with Crippen LogP contribution in [-0.4, -0.2) is 34.1 Å². The topological polar surface area (TPSA) is 118 Å². The summed E-state index contributed by atoms with van der Waals surface area (Å²) in [5.74, 6) is 6.37. The number of anilines is 1. The lowest BCUT2D eigenvalue weighted by Gasteiger charge is -2.11. The Labute approximate surface area is 74.8 Å². The molecule has 1 aliphatic heterocycles. The molecule has 2 unspecified atom stereocenters. The zero-order valence-corrected chi connectivity index (χ0v) is 7.05. The molecule has 0 amide bonds. The fourth-order valence-electron chi connectivity index (χ4n) is 1.41. The summed E-state index contributed by atoms with van der Waals surface area (Å²) in [6, 6.07) is -0.0779. The average molecular weight is 184 g/mol.